The molecule has 3 nitrogen and oxygen atoms in total. The maximum Gasteiger partial charge on any atom is 0.155 e. The van der Waals surface area contributed by atoms with Gasteiger partial charge in [-0.2, -0.15) is 0 Å². The van der Waals surface area contributed by atoms with Crippen molar-refractivity contribution in [2.45, 2.75) is 18.2 Å². The van der Waals surface area contributed by atoms with Crippen molar-refractivity contribution in [3.05, 3.63) is 71.8 Å². The maximum absolute atomic E-state index is 12.1. The Balaban J connectivity index is 1.94. The molecule has 0 aliphatic rings. The first-order chi connectivity index (χ1) is 9.55. The highest BCUT2D eigenvalue weighted by Gasteiger charge is 2.17. The van der Waals surface area contributed by atoms with Gasteiger partial charge in [-0.15, -0.1) is 0 Å². The molecular weight excluding hydrogens is 270 g/mol. The Morgan fingerprint density at radius 1 is 0.850 bits per heavy atom. The lowest BCUT2D eigenvalue weighted by Crippen LogP contribution is -2.32. The fourth-order valence-corrected chi connectivity index (χ4v) is 3.78. The number of rotatable bonds is 6. The molecule has 0 aromatic heterocycles. The van der Waals surface area contributed by atoms with Crippen LogP contribution in [0.1, 0.15) is 11.1 Å². The summed E-state index contributed by atoms with van der Waals surface area (Å²) in [5.41, 5.74) is 7.84. The Kier molecular flexibility index (Phi) is 4.93. The molecule has 0 radical (unpaired) electrons. The van der Waals surface area contributed by atoms with Gasteiger partial charge in [-0.05, 0) is 17.5 Å². The van der Waals surface area contributed by atoms with Gasteiger partial charge >= 0.3 is 0 Å². The van der Waals surface area contributed by atoms with Crippen LogP contribution in [0.15, 0.2) is 60.7 Å². The van der Waals surface area contributed by atoms with Gasteiger partial charge < -0.3 is 5.73 Å². The highest BCUT2D eigenvalue weighted by atomic mass is 32.2. The van der Waals surface area contributed by atoms with Crippen LogP contribution in [-0.4, -0.2) is 20.2 Å². The summed E-state index contributed by atoms with van der Waals surface area (Å²) in [4.78, 5) is 0. The van der Waals surface area contributed by atoms with Crippen LogP contribution in [0.4, 0.5) is 0 Å². The molecule has 1 unspecified atom stereocenters. The summed E-state index contributed by atoms with van der Waals surface area (Å²) in [6, 6.07) is 18.5. The van der Waals surface area contributed by atoms with E-state index in [0.29, 0.717) is 6.42 Å². The van der Waals surface area contributed by atoms with Crippen LogP contribution in [0.25, 0.3) is 0 Å². The van der Waals surface area contributed by atoms with Gasteiger partial charge in [-0.25, -0.2) is 8.42 Å². The molecule has 1 atom stereocenters. The van der Waals surface area contributed by atoms with Gasteiger partial charge in [0.25, 0.3) is 0 Å². The highest BCUT2D eigenvalue weighted by molar-refractivity contribution is 7.90. The van der Waals surface area contributed by atoms with E-state index in [4.69, 9.17) is 5.73 Å². The second-order valence-corrected chi connectivity index (χ2v) is 7.10. The van der Waals surface area contributed by atoms with Crippen molar-refractivity contribution in [2.24, 2.45) is 5.73 Å². The molecule has 20 heavy (non-hydrogen) atoms. The molecule has 0 heterocycles. The number of sulfone groups is 1. The minimum absolute atomic E-state index is 0.0107. The molecule has 2 rings (SSSR count). The summed E-state index contributed by atoms with van der Waals surface area (Å²) < 4.78 is 24.2. The Bertz CT molecular complexity index is 624. The largest absolute Gasteiger partial charge is 0.326 e. The van der Waals surface area contributed by atoms with Crippen LogP contribution in [0.3, 0.4) is 0 Å². The first kappa shape index (κ1) is 14.8. The summed E-state index contributed by atoms with van der Waals surface area (Å²) in [6.45, 7) is 0. The van der Waals surface area contributed by atoms with Gasteiger partial charge in [-0.1, -0.05) is 60.7 Å². The lowest BCUT2D eigenvalue weighted by Gasteiger charge is -2.12. The molecule has 106 valence electrons. The molecule has 4 heteroatoms. The van der Waals surface area contributed by atoms with E-state index in [9.17, 15) is 8.42 Å². The van der Waals surface area contributed by atoms with Crippen LogP contribution >= 0.6 is 0 Å². The van der Waals surface area contributed by atoms with Crippen molar-refractivity contribution in [1.29, 1.82) is 0 Å². The van der Waals surface area contributed by atoms with Crippen LogP contribution < -0.4 is 5.73 Å². The molecule has 2 aromatic carbocycles. The van der Waals surface area contributed by atoms with E-state index in [1.165, 1.54) is 0 Å². The van der Waals surface area contributed by atoms with Crippen molar-refractivity contribution in [2.75, 3.05) is 5.75 Å². The van der Waals surface area contributed by atoms with E-state index in [1.807, 2.05) is 60.7 Å². The minimum atomic E-state index is -3.18. The van der Waals surface area contributed by atoms with Crippen LogP contribution in [0, 0.1) is 0 Å². The molecule has 0 aliphatic carbocycles. The van der Waals surface area contributed by atoms with Crippen LogP contribution in [0.2, 0.25) is 0 Å². The molecule has 0 amide bonds. The molecule has 2 N–H and O–H groups in total. The minimum Gasteiger partial charge on any atom is -0.326 e. The van der Waals surface area contributed by atoms with Crippen molar-refractivity contribution in [3.8, 4) is 0 Å². The Labute approximate surface area is 120 Å². The van der Waals surface area contributed by atoms with Gasteiger partial charge in [0.2, 0.25) is 0 Å². The maximum atomic E-state index is 12.1. The summed E-state index contributed by atoms with van der Waals surface area (Å²) in [5.74, 6) is 0.0626. The molecule has 0 fully saturated rings. The molecule has 0 saturated heterocycles. The fourth-order valence-electron chi connectivity index (χ4n) is 2.19. The summed E-state index contributed by atoms with van der Waals surface area (Å²) in [7, 11) is -3.18. The number of benzene rings is 2. The van der Waals surface area contributed by atoms with Crippen molar-refractivity contribution in [3.63, 3.8) is 0 Å². The van der Waals surface area contributed by atoms with Gasteiger partial charge in [-0.3, -0.25) is 0 Å². The van der Waals surface area contributed by atoms with E-state index in [0.717, 1.165) is 11.1 Å². The Hall–Kier alpha value is -1.65. The standard InChI is InChI=1S/C16H19NO2S/c17-16(11-14-7-3-1-4-8-14)13-20(18,19)12-15-9-5-2-6-10-15/h1-10,16H,11-13,17H2. The quantitative estimate of drug-likeness (QED) is 0.886. The number of hydrogen-bond donors (Lipinski definition) is 1. The average molecular weight is 289 g/mol. The molecule has 0 saturated carbocycles. The Morgan fingerprint density at radius 3 is 1.90 bits per heavy atom. The number of nitrogens with two attached hydrogens (primary N) is 1. The van der Waals surface area contributed by atoms with Crippen molar-refractivity contribution >= 4 is 9.84 Å². The molecule has 0 spiro atoms. The van der Waals surface area contributed by atoms with Gasteiger partial charge in [0.1, 0.15) is 0 Å². The average Bonchev–Trinajstić information content (AvgIpc) is 2.39. The third-order valence-corrected chi connectivity index (χ3v) is 4.75. The smallest absolute Gasteiger partial charge is 0.155 e. The molecule has 0 aliphatic heterocycles. The zero-order chi connectivity index (χ0) is 14.4. The lowest BCUT2D eigenvalue weighted by molar-refractivity contribution is 0.585. The van der Waals surface area contributed by atoms with E-state index in [2.05, 4.69) is 0 Å². The van der Waals surface area contributed by atoms with E-state index < -0.39 is 9.84 Å². The van der Waals surface area contributed by atoms with Crippen molar-refractivity contribution in [1.82, 2.24) is 0 Å². The SMILES string of the molecule is NC(Cc1ccccc1)CS(=O)(=O)Cc1ccccc1. The van der Waals surface area contributed by atoms with E-state index in [1.54, 1.807) is 0 Å². The predicted octanol–water partition coefficient (Wildman–Crippen LogP) is 2.17. The molecular formula is C16H19NO2S. The highest BCUT2D eigenvalue weighted by Crippen LogP contribution is 2.09. The van der Waals surface area contributed by atoms with Gasteiger partial charge in [0.05, 0.1) is 11.5 Å². The fraction of sp³-hybridized carbons (Fsp3) is 0.250. The lowest BCUT2D eigenvalue weighted by atomic mass is 10.1. The number of hydrogen-bond acceptors (Lipinski definition) is 3. The van der Waals surface area contributed by atoms with Gasteiger partial charge in [0, 0.05) is 6.04 Å². The summed E-state index contributed by atoms with van der Waals surface area (Å²) in [5, 5.41) is 0. The molecule has 0 bridgehead atoms. The zero-order valence-corrected chi connectivity index (χ0v) is 12.1. The van der Waals surface area contributed by atoms with E-state index >= 15 is 0 Å². The second kappa shape index (κ2) is 6.68. The monoisotopic (exact) mass is 289 g/mol. The topological polar surface area (TPSA) is 60.2 Å². The molecule has 2 aromatic rings. The summed E-state index contributed by atoms with van der Waals surface area (Å²) in [6.07, 6.45) is 0.578. The third kappa shape index (κ3) is 4.79. The van der Waals surface area contributed by atoms with Gasteiger partial charge in [0.15, 0.2) is 9.84 Å². The zero-order valence-electron chi connectivity index (χ0n) is 11.3. The first-order valence-electron chi connectivity index (χ1n) is 6.59. The van der Waals surface area contributed by atoms with Crippen LogP contribution in [0.5, 0.6) is 0 Å². The second-order valence-electron chi connectivity index (χ2n) is 4.99. The summed E-state index contributed by atoms with van der Waals surface area (Å²) >= 11 is 0. The first-order valence-corrected chi connectivity index (χ1v) is 8.41. The van der Waals surface area contributed by atoms with E-state index in [-0.39, 0.29) is 17.5 Å². The third-order valence-electron chi connectivity index (χ3n) is 3.04. The van der Waals surface area contributed by atoms with Crippen molar-refractivity contribution < 1.29 is 8.42 Å². The predicted molar refractivity (Wildman–Crippen MR) is 82.1 cm³/mol. The normalized spacial score (nSPS) is 13.1. The Morgan fingerprint density at radius 2 is 1.35 bits per heavy atom. The van der Waals surface area contributed by atoms with Crippen LogP contribution in [-0.2, 0) is 22.0 Å².